The van der Waals surface area contributed by atoms with Crippen LogP contribution in [0.3, 0.4) is 0 Å². The van der Waals surface area contributed by atoms with Crippen molar-refractivity contribution in [2.24, 2.45) is 0 Å². The van der Waals surface area contributed by atoms with E-state index in [9.17, 15) is 14.0 Å². The highest BCUT2D eigenvalue weighted by Gasteiger charge is 2.13. The van der Waals surface area contributed by atoms with Gasteiger partial charge in [-0.2, -0.15) is 0 Å². The number of aromatic nitrogens is 3. The van der Waals surface area contributed by atoms with Gasteiger partial charge in [0.1, 0.15) is 23.4 Å². The fourth-order valence-electron chi connectivity index (χ4n) is 2.99. The third-order valence-electron chi connectivity index (χ3n) is 4.46. The van der Waals surface area contributed by atoms with Gasteiger partial charge < -0.3 is 10.3 Å². The maximum atomic E-state index is 13.5. The van der Waals surface area contributed by atoms with Gasteiger partial charge in [0, 0.05) is 17.4 Å². The Balaban J connectivity index is 1.55. The molecule has 1 amide bonds. The van der Waals surface area contributed by atoms with Crippen molar-refractivity contribution in [1.82, 2.24) is 19.9 Å². The van der Waals surface area contributed by atoms with Crippen LogP contribution in [-0.2, 0) is 17.9 Å². The number of carbonyl (C=O) groups is 1. The molecule has 0 saturated heterocycles. The highest BCUT2D eigenvalue weighted by Crippen LogP contribution is 2.21. The highest BCUT2D eigenvalue weighted by atomic mass is 19.1. The van der Waals surface area contributed by atoms with E-state index in [4.69, 9.17) is 0 Å². The molecule has 2 aromatic carbocycles. The van der Waals surface area contributed by atoms with Gasteiger partial charge in [-0.3, -0.25) is 14.2 Å². The van der Waals surface area contributed by atoms with Crippen LogP contribution in [0.1, 0.15) is 11.1 Å². The Labute approximate surface area is 153 Å². The number of carbonyl (C=O) groups excluding carboxylic acids is 1. The first-order valence-corrected chi connectivity index (χ1v) is 8.50. The van der Waals surface area contributed by atoms with Gasteiger partial charge in [-0.05, 0) is 30.7 Å². The number of nitrogens with one attached hydrogen (secondary N) is 2. The second-order valence-electron chi connectivity index (χ2n) is 6.48. The molecule has 4 aromatic rings. The Morgan fingerprint density at radius 3 is 2.78 bits per heavy atom. The largest absolute Gasteiger partial charge is 0.350 e. The van der Waals surface area contributed by atoms with E-state index in [-0.39, 0.29) is 23.5 Å². The van der Waals surface area contributed by atoms with Gasteiger partial charge in [0.15, 0.2) is 0 Å². The van der Waals surface area contributed by atoms with Gasteiger partial charge in [0.25, 0.3) is 5.56 Å². The van der Waals surface area contributed by atoms with Crippen LogP contribution in [-0.4, -0.2) is 20.4 Å². The summed E-state index contributed by atoms with van der Waals surface area (Å²) in [5.41, 5.74) is 3.02. The number of aryl methyl sites for hydroxylation is 1. The summed E-state index contributed by atoms with van der Waals surface area (Å²) < 4.78 is 14.7. The van der Waals surface area contributed by atoms with E-state index in [1.165, 1.54) is 23.0 Å². The Hall–Kier alpha value is -3.48. The minimum Gasteiger partial charge on any atom is -0.350 e. The van der Waals surface area contributed by atoms with Crippen LogP contribution in [0, 0.1) is 12.7 Å². The minimum atomic E-state index is -0.398. The van der Waals surface area contributed by atoms with Crippen LogP contribution in [0.4, 0.5) is 4.39 Å². The van der Waals surface area contributed by atoms with Crippen LogP contribution < -0.4 is 10.9 Å². The maximum Gasteiger partial charge on any atom is 0.278 e. The summed E-state index contributed by atoms with van der Waals surface area (Å²) in [7, 11) is 0. The second-order valence-corrected chi connectivity index (χ2v) is 6.48. The third kappa shape index (κ3) is 3.31. The number of halogens is 1. The van der Waals surface area contributed by atoms with Gasteiger partial charge in [-0.25, -0.2) is 9.37 Å². The Morgan fingerprint density at radius 1 is 1.22 bits per heavy atom. The van der Waals surface area contributed by atoms with Crippen LogP contribution in [0.25, 0.3) is 21.9 Å². The minimum absolute atomic E-state index is 0.142. The van der Waals surface area contributed by atoms with Gasteiger partial charge in [0.05, 0.1) is 6.33 Å². The van der Waals surface area contributed by atoms with Gasteiger partial charge in [-0.1, -0.05) is 29.8 Å². The molecule has 27 heavy (non-hydrogen) atoms. The molecule has 0 spiro atoms. The van der Waals surface area contributed by atoms with Crippen LogP contribution in [0.5, 0.6) is 0 Å². The molecule has 0 fully saturated rings. The number of aromatic amines is 1. The lowest BCUT2D eigenvalue weighted by atomic mass is 10.1. The maximum absolute atomic E-state index is 13.5. The first-order valence-electron chi connectivity index (χ1n) is 8.50. The van der Waals surface area contributed by atoms with E-state index in [0.717, 1.165) is 11.1 Å². The van der Waals surface area contributed by atoms with E-state index in [1.54, 1.807) is 6.07 Å². The first kappa shape index (κ1) is 17.0. The van der Waals surface area contributed by atoms with E-state index in [0.29, 0.717) is 23.0 Å². The Kier molecular flexibility index (Phi) is 4.19. The quantitative estimate of drug-likeness (QED) is 0.584. The zero-order chi connectivity index (χ0) is 19.0. The van der Waals surface area contributed by atoms with Crippen LogP contribution in [0.2, 0.25) is 0 Å². The SMILES string of the molecule is Cc1ccc(CNC(=O)Cn2cnc3c([nH]c4ccc(F)cc43)c2=O)cc1. The van der Waals surface area contributed by atoms with Crippen molar-refractivity contribution in [3.8, 4) is 0 Å². The van der Waals surface area contributed by atoms with Crippen LogP contribution >= 0.6 is 0 Å². The molecule has 7 heteroatoms. The van der Waals surface area contributed by atoms with Crippen molar-refractivity contribution in [2.45, 2.75) is 20.0 Å². The molecular weight excluding hydrogens is 347 g/mol. The van der Waals surface area contributed by atoms with E-state index in [2.05, 4.69) is 15.3 Å². The summed E-state index contributed by atoms with van der Waals surface area (Å²) in [6, 6.07) is 12.0. The number of hydrogen-bond acceptors (Lipinski definition) is 3. The Bertz CT molecular complexity index is 1210. The van der Waals surface area contributed by atoms with Crippen molar-refractivity contribution in [1.29, 1.82) is 0 Å². The molecule has 136 valence electrons. The van der Waals surface area contributed by atoms with E-state index >= 15 is 0 Å². The summed E-state index contributed by atoms with van der Waals surface area (Å²) in [4.78, 5) is 32.0. The first-order chi connectivity index (χ1) is 13.0. The molecule has 0 unspecified atom stereocenters. The Morgan fingerprint density at radius 2 is 2.00 bits per heavy atom. The third-order valence-corrected chi connectivity index (χ3v) is 4.46. The number of fused-ring (bicyclic) bond motifs is 3. The lowest BCUT2D eigenvalue weighted by molar-refractivity contribution is -0.121. The molecule has 0 aliphatic heterocycles. The number of nitrogens with zero attached hydrogens (tertiary/aromatic N) is 2. The predicted octanol–water partition coefficient (Wildman–Crippen LogP) is 2.64. The molecule has 4 rings (SSSR count). The van der Waals surface area contributed by atoms with Crippen molar-refractivity contribution in [3.05, 3.63) is 76.1 Å². The zero-order valence-electron chi connectivity index (χ0n) is 14.6. The number of benzene rings is 2. The molecule has 0 radical (unpaired) electrons. The smallest absolute Gasteiger partial charge is 0.278 e. The van der Waals surface area contributed by atoms with Crippen molar-refractivity contribution in [2.75, 3.05) is 0 Å². The van der Waals surface area contributed by atoms with E-state index in [1.807, 2.05) is 31.2 Å². The molecule has 2 heterocycles. The van der Waals surface area contributed by atoms with Crippen molar-refractivity contribution in [3.63, 3.8) is 0 Å². The van der Waals surface area contributed by atoms with Gasteiger partial charge >= 0.3 is 0 Å². The van der Waals surface area contributed by atoms with Crippen LogP contribution in [0.15, 0.2) is 53.6 Å². The fraction of sp³-hybridized carbons (Fsp3) is 0.150. The molecule has 2 N–H and O–H groups in total. The fourth-order valence-corrected chi connectivity index (χ4v) is 2.99. The molecule has 0 atom stereocenters. The monoisotopic (exact) mass is 364 g/mol. The second kappa shape index (κ2) is 6.68. The lowest BCUT2D eigenvalue weighted by Crippen LogP contribution is -2.32. The summed E-state index contributed by atoms with van der Waals surface area (Å²) in [6.45, 7) is 2.24. The summed E-state index contributed by atoms with van der Waals surface area (Å²) in [5, 5.41) is 3.33. The highest BCUT2D eigenvalue weighted by molar-refractivity contribution is 6.04. The number of rotatable bonds is 4. The molecule has 0 aliphatic rings. The summed E-state index contributed by atoms with van der Waals surface area (Å²) in [6.07, 6.45) is 1.31. The van der Waals surface area contributed by atoms with E-state index < -0.39 is 5.82 Å². The summed E-state index contributed by atoms with van der Waals surface area (Å²) >= 11 is 0. The topological polar surface area (TPSA) is 79.8 Å². The average Bonchev–Trinajstić information content (AvgIpc) is 3.02. The lowest BCUT2D eigenvalue weighted by Gasteiger charge is -2.07. The normalized spacial score (nSPS) is 11.2. The molecule has 0 aliphatic carbocycles. The number of hydrogen-bond donors (Lipinski definition) is 2. The molecule has 6 nitrogen and oxygen atoms in total. The van der Waals surface area contributed by atoms with Gasteiger partial charge in [0.2, 0.25) is 5.91 Å². The molecular formula is C20H17FN4O2. The summed E-state index contributed by atoms with van der Waals surface area (Å²) in [5.74, 6) is -0.689. The average molecular weight is 364 g/mol. The molecule has 2 aromatic heterocycles. The predicted molar refractivity (Wildman–Crippen MR) is 101 cm³/mol. The number of amides is 1. The number of H-pyrrole nitrogens is 1. The van der Waals surface area contributed by atoms with Gasteiger partial charge in [-0.15, -0.1) is 0 Å². The zero-order valence-corrected chi connectivity index (χ0v) is 14.6. The standard InChI is InChI=1S/C20H17FN4O2/c1-12-2-4-13(5-3-12)9-22-17(26)10-25-11-23-18-15-8-14(21)6-7-16(15)24-19(18)20(25)27/h2-8,11,24H,9-10H2,1H3,(H,22,26). The van der Waals surface area contributed by atoms with Crippen molar-refractivity contribution < 1.29 is 9.18 Å². The van der Waals surface area contributed by atoms with Crippen molar-refractivity contribution >= 4 is 27.8 Å². The molecule has 0 saturated carbocycles. The molecule has 0 bridgehead atoms.